The number of benzene rings is 3. The molecule has 1 aromatic heterocycles. The van der Waals surface area contributed by atoms with Crippen LogP contribution in [0.2, 0.25) is 0 Å². The molecule has 2 saturated heterocycles. The first kappa shape index (κ1) is 29.0. The number of nitrogens with zero attached hydrogens (tertiary/aromatic N) is 3. The van der Waals surface area contributed by atoms with Gasteiger partial charge < -0.3 is 34.3 Å². The van der Waals surface area contributed by atoms with E-state index in [0.29, 0.717) is 68.7 Å². The number of ether oxygens (including phenoxy) is 3. The van der Waals surface area contributed by atoms with Crippen molar-refractivity contribution in [2.45, 2.75) is 19.4 Å². The van der Waals surface area contributed by atoms with Crippen LogP contribution < -0.4 is 25.5 Å². The molecule has 11 heteroatoms. The van der Waals surface area contributed by atoms with Gasteiger partial charge in [0.15, 0.2) is 17.3 Å². The second-order valence-electron chi connectivity index (χ2n) is 12.2. The highest BCUT2D eigenvalue weighted by Crippen LogP contribution is 2.49. The van der Waals surface area contributed by atoms with Gasteiger partial charge >= 0.3 is 0 Å². The molecule has 0 atom stereocenters. The first-order chi connectivity index (χ1) is 22.5. The number of anilines is 1. The third kappa shape index (κ3) is 5.18. The van der Waals surface area contributed by atoms with E-state index in [2.05, 4.69) is 20.4 Å². The van der Waals surface area contributed by atoms with Crippen LogP contribution in [-0.2, 0) is 11.3 Å². The van der Waals surface area contributed by atoms with Crippen molar-refractivity contribution < 1.29 is 23.4 Å². The predicted molar refractivity (Wildman–Crippen MR) is 173 cm³/mol. The Morgan fingerprint density at radius 3 is 2.54 bits per heavy atom. The summed E-state index contributed by atoms with van der Waals surface area (Å²) in [7, 11) is 0. The standard InChI is InChI=1S/C35H36FN5O5/c36-27-17-25-32-34(31(27)37-7-11-40-13-15-44-16-14-40)46-30-19-29-24(23-6-2-1-5-22(23)21-45-29)18-28(30)41(32)20-26(33(25)42)35(43)38-8-12-39-9-3-4-10-39/h1-2,5-6,17-20,37H,3-4,7-16,21H2,(H,38,43). The third-order valence-electron chi connectivity index (χ3n) is 9.41. The third-order valence-corrected chi connectivity index (χ3v) is 9.41. The molecule has 2 fully saturated rings. The highest BCUT2D eigenvalue weighted by atomic mass is 19.1. The number of carbonyl (C=O) groups excluding carboxylic acids is 1. The molecule has 3 aromatic carbocycles. The van der Waals surface area contributed by atoms with Gasteiger partial charge in [-0.05, 0) is 49.2 Å². The molecule has 0 radical (unpaired) electrons. The van der Waals surface area contributed by atoms with E-state index in [0.717, 1.165) is 55.7 Å². The fourth-order valence-electron chi connectivity index (χ4n) is 6.96. The Hall–Kier alpha value is -4.45. The van der Waals surface area contributed by atoms with E-state index in [1.165, 1.54) is 6.07 Å². The van der Waals surface area contributed by atoms with Crippen molar-refractivity contribution in [2.24, 2.45) is 0 Å². The number of morpholine rings is 1. The zero-order valence-electron chi connectivity index (χ0n) is 25.6. The van der Waals surface area contributed by atoms with E-state index in [1.807, 2.05) is 36.4 Å². The summed E-state index contributed by atoms with van der Waals surface area (Å²) in [5.74, 6) is 0.198. The molecule has 0 unspecified atom stereocenters. The summed E-state index contributed by atoms with van der Waals surface area (Å²) in [6.45, 7) is 7.72. The highest BCUT2D eigenvalue weighted by Gasteiger charge is 2.31. The summed E-state index contributed by atoms with van der Waals surface area (Å²) in [4.78, 5) is 31.9. The maximum Gasteiger partial charge on any atom is 0.256 e. The van der Waals surface area contributed by atoms with Gasteiger partial charge in [0.25, 0.3) is 5.91 Å². The Bertz CT molecular complexity index is 1900. The van der Waals surface area contributed by atoms with Gasteiger partial charge in [0.1, 0.15) is 29.1 Å². The van der Waals surface area contributed by atoms with Gasteiger partial charge in [0, 0.05) is 57.1 Å². The lowest BCUT2D eigenvalue weighted by atomic mass is 9.95. The molecule has 0 saturated carbocycles. The molecule has 0 bridgehead atoms. The van der Waals surface area contributed by atoms with Crippen LogP contribution in [-0.4, -0.2) is 85.8 Å². The number of carbonyl (C=O) groups is 1. The molecule has 10 nitrogen and oxygen atoms in total. The van der Waals surface area contributed by atoms with Crippen LogP contribution in [0, 0.1) is 5.82 Å². The van der Waals surface area contributed by atoms with Crippen molar-refractivity contribution in [3.63, 3.8) is 0 Å². The zero-order valence-corrected chi connectivity index (χ0v) is 25.6. The highest BCUT2D eigenvalue weighted by molar-refractivity contribution is 6.01. The van der Waals surface area contributed by atoms with Crippen LogP contribution in [0.1, 0.15) is 28.8 Å². The largest absolute Gasteiger partial charge is 0.488 e. The predicted octanol–water partition coefficient (Wildman–Crippen LogP) is 4.36. The topological polar surface area (TPSA) is 97.3 Å². The summed E-state index contributed by atoms with van der Waals surface area (Å²) >= 11 is 0. The second-order valence-corrected chi connectivity index (χ2v) is 12.2. The fourth-order valence-corrected chi connectivity index (χ4v) is 6.96. The van der Waals surface area contributed by atoms with E-state index in [4.69, 9.17) is 14.2 Å². The van der Waals surface area contributed by atoms with Crippen LogP contribution >= 0.6 is 0 Å². The zero-order chi connectivity index (χ0) is 31.2. The molecular formula is C35H36FN5O5. The van der Waals surface area contributed by atoms with Gasteiger partial charge in [0.2, 0.25) is 5.43 Å². The smallest absolute Gasteiger partial charge is 0.256 e. The Labute approximate surface area is 265 Å². The molecule has 8 rings (SSSR count). The van der Waals surface area contributed by atoms with E-state index in [-0.39, 0.29) is 22.4 Å². The lowest BCUT2D eigenvalue weighted by molar-refractivity contribution is 0.0398. The van der Waals surface area contributed by atoms with E-state index < -0.39 is 17.2 Å². The summed E-state index contributed by atoms with van der Waals surface area (Å²) < 4.78 is 35.8. The summed E-state index contributed by atoms with van der Waals surface area (Å²) in [6, 6.07) is 13.0. The van der Waals surface area contributed by atoms with Gasteiger partial charge in [0.05, 0.1) is 24.3 Å². The number of amides is 1. The van der Waals surface area contributed by atoms with Gasteiger partial charge in [-0.25, -0.2) is 4.39 Å². The maximum absolute atomic E-state index is 15.9. The minimum Gasteiger partial charge on any atom is -0.488 e. The molecule has 4 aliphatic rings. The van der Waals surface area contributed by atoms with Crippen LogP contribution in [0.5, 0.6) is 17.2 Å². The van der Waals surface area contributed by atoms with E-state index in [9.17, 15) is 9.59 Å². The normalized spacial score (nSPS) is 17.1. The van der Waals surface area contributed by atoms with Crippen molar-refractivity contribution in [2.75, 3.05) is 70.9 Å². The van der Waals surface area contributed by atoms with Gasteiger partial charge in [-0.3, -0.25) is 14.5 Å². The number of pyridine rings is 1. The van der Waals surface area contributed by atoms with Crippen molar-refractivity contribution in [3.05, 3.63) is 75.8 Å². The number of likely N-dealkylation sites (tertiary alicyclic amines) is 1. The molecule has 0 spiro atoms. The number of rotatable bonds is 8. The molecule has 4 aromatic rings. The van der Waals surface area contributed by atoms with Crippen LogP contribution in [0.4, 0.5) is 10.1 Å². The fraction of sp³-hybridized carbons (Fsp3) is 0.371. The lowest BCUT2D eigenvalue weighted by Gasteiger charge is -2.29. The number of nitrogens with one attached hydrogen (secondary N) is 2. The maximum atomic E-state index is 15.9. The summed E-state index contributed by atoms with van der Waals surface area (Å²) in [6.07, 6.45) is 3.88. The van der Waals surface area contributed by atoms with Crippen LogP contribution in [0.15, 0.2) is 53.5 Å². The minimum atomic E-state index is -0.619. The molecule has 2 N–H and O–H groups in total. The second kappa shape index (κ2) is 12.1. The minimum absolute atomic E-state index is 0.0467. The number of hydrogen-bond acceptors (Lipinski definition) is 8. The number of hydrogen-bond donors (Lipinski definition) is 2. The average molecular weight is 626 g/mol. The molecule has 5 heterocycles. The molecule has 238 valence electrons. The number of fused-ring (bicyclic) bond motifs is 5. The van der Waals surface area contributed by atoms with Gasteiger partial charge in [-0.1, -0.05) is 24.3 Å². The number of halogens is 1. The summed E-state index contributed by atoms with van der Waals surface area (Å²) in [5, 5.41) is 6.24. The molecular weight excluding hydrogens is 589 g/mol. The lowest BCUT2D eigenvalue weighted by Crippen LogP contribution is -2.39. The Kier molecular flexibility index (Phi) is 7.59. The SMILES string of the molecule is O=C(NCCN1CCCC1)c1cn2c3c(c(NCCN4CCOCC4)c(F)cc3c1=O)Oc1cc3c(cc1-2)-c1ccccc1CO3. The number of aromatic nitrogens is 1. The van der Waals surface area contributed by atoms with Crippen LogP contribution in [0.3, 0.4) is 0 Å². The molecule has 1 amide bonds. The van der Waals surface area contributed by atoms with Gasteiger partial charge in [-0.2, -0.15) is 0 Å². The summed E-state index contributed by atoms with van der Waals surface area (Å²) in [5.41, 5.74) is 3.61. The van der Waals surface area contributed by atoms with Gasteiger partial charge in [-0.15, -0.1) is 0 Å². The first-order valence-corrected chi connectivity index (χ1v) is 16.1. The molecule has 0 aliphatic carbocycles. The van der Waals surface area contributed by atoms with Crippen molar-refractivity contribution in [1.29, 1.82) is 0 Å². The van der Waals surface area contributed by atoms with E-state index >= 15 is 4.39 Å². The van der Waals surface area contributed by atoms with Crippen molar-refractivity contribution >= 4 is 22.5 Å². The first-order valence-electron chi connectivity index (χ1n) is 16.1. The molecule has 46 heavy (non-hydrogen) atoms. The Morgan fingerprint density at radius 2 is 1.70 bits per heavy atom. The Morgan fingerprint density at radius 1 is 0.913 bits per heavy atom. The van der Waals surface area contributed by atoms with E-state index in [1.54, 1.807) is 10.8 Å². The molecule has 4 aliphatic heterocycles. The van der Waals surface area contributed by atoms with Crippen molar-refractivity contribution in [3.8, 4) is 34.1 Å². The average Bonchev–Trinajstić information content (AvgIpc) is 3.60. The Balaban J connectivity index is 1.22. The van der Waals surface area contributed by atoms with Crippen LogP contribution in [0.25, 0.3) is 27.7 Å². The monoisotopic (exact) mass is 625 g/mol. The van der Waals surface area contributed by atoms with Crippen molar-refractivity contribution in [1.82, 2.24) is 19.7 Å². The quantitative estimate of drug-likeness (QED) is 0.263.